The summed E-state index contributed by atoms with van der Waals surface area (Å²) in [6, 6.07) is 44.9. The Kier molecular flexibility index (Phi) is 4.89. The van der Waals surface area contributed by atoms with E-state index < -0.39 is 0 Å². The fraction of sp³-hybridized carbons (Fsp3) is 0.167. The first-order valence-corrected chi connectivity index (χ1v) is 18.5. The van der Waals surface area contributed by atoms with Crippen molar-refractivity contribution >= 4 is 77.5 Å². The van der Waals surface area contributed by atoms with Crippen LogP contribution in [0.2, 0.25) is 0 Å². The lowest BCUT2D eigenvalue weighted by atomic mass is 9.34. The van der Waals surface area contributed by atoms with E-state index in [0.29, 0.717) is 0 Å². The van der Waals surface area contributed by atoms with E-state index in [1.54, 1.807) is 0 Å². The first-order valence-electron chi connectivity index (χ1n) is 18.5. The lowest BCUT2D eigenvalue weighted by Crippen LogP contribution is -2.59. The van der Waals surface area contributed by atoms with Crippen LogP contribution < -0.4 is 16.4 Å². The zero-order valence-corrected chi connectivity index (χ0v) is 29.9. The minimum atomic E-state index is 0.00106. The van der Waals surface area contributed by atoms with E-state index in [4.69, 9.17) is 0 Å². The Morgan fingerprint density at radius 3 is 1.84 bits per heavy atom. The third-order valence-electron chi connectivity index (χ3n) is 12.5. The number of hydrogen-bond acceptors (Lipinski definition) is 0. The molecule has 0 N–H and O–H groups in total. The molecular weight excluding hydrogens is 615 g/mol. The number of fused-ring (bicyclic) bond motifs is 11. The van der Waals surface area contributed by atoms with Crippen molar-refractivity contribution in [2.24, 2.45) is 0 Å². The average molecular weight is 653 g/mol. The molecular formula is C48H37BN2. The second kappa shape index (κ2) is 8.84. The van der Waals surface area contributed by atoms with Gasteiger partial charge in [-0.1, -0.05) is 120 Å². The lowest BCUT2D eigenvalue weighted by Gasteiger charge is -2.34. The monoisotopic (exact) mass is 652 g/mol. The van der Waals surface area contributed by atoms with E-state index in [-0.39, 0.29) is 17.5 Å². The molecule has 2 nitrogen and oxygen atoms in total. The van der Waals surface area contributed by atoms with Crippen molar-refractivity contribution in [2.45, 2.75) is 52.4 Å². The predicted octanol–water partition coefficient (Wildman–Crippen LogP) is 10.4. The fourth-order valence-electron chi connectivity index (χ4n) is 10.2. The molecule has 3 heteroatoms. The summed E-state index contributed by atoms with van der Waals surface area (Å²) in [6.45, 7) is 14.2. The van der Waals surface area contributed by atoms with Gasteiger partial charge in [-0.2, -0.15) is 0 Å². The van der Waals surface area contributed by atoms with Crippen molar-refractivity contribution in [1.29, 1.82) is 0 Å². The molecule has 0 saturated carbocycles. The minimum absolute atomic E-state index is 0.00106. The average Bonchev–Trinajstić information content (AvgIpc) is 3.61. The Hall–Kier alpha value is -5.54. The third kappa shape index (κ3) is 3.28. The molecule has 1 aliphatic carbocycles. The largest absolute Gasteiger partial charge is 0.310 e. The highest BCUT2D eigenvalue weighted by atomic mass is 15.0. The van der Waals surface area contributed by atoms with E-state index >= 15 is 0 Å². The lowest BCUT2D eigenvalue weighted by molar-refractivity contribution is 0.590. The molecule has 4 heterocycles. The van der Waals surface area contributed by atoms with Gasteiger partial charge in [-0.05, 0) is 108 Å². The molecule has 0 saturated heterocycles. The van der Waals surface area contributed by atoms with Crippen LogP contribution in [0.4, 0.5) is 0 Å². The minimum Gasteiger partial charge on any atom is -0.310 e. The van der Waals surface area contributed by atoms with Crippen molar-refractivity contribution < 1.29 is 0 Å². The molecule has 12 rings (SSSR count). The van der Waals surface area contributed by atoms with Crippen molar-refractivity contribution in [3.05, 3.63) is 126 Å². The Bertz CT molecular complexity index is 3100. The van der Waals surface area contributed by atoms with Gasteiger partial charge in [-0.15, -0.1) is 0 Å². The number of rotatable bonds is 0. The van der Waals surface area contributed by atoms with Gasteiger partial charge in [-0.25, -0.2) is 0 Å². The van der Waals surface area contributed by atoms with Crippen LogP contribution >= 0.6 is 0 Å². The third-order valence-corrected chi connectivity index (χ3v) is 12.5. The van der Waals surface area contributed by atoms with Crippen LogP contribution in [0, 0.1) is 0 Å². The molecule has 0 atom stereocenters. The van der Waals surface area contributed by atoms with Crippen LogP contribution in [0.15, 0.2) is 115 Å². The summed E-state index contributed by atoms with van der Waals surface area (Å²) in [7, 11) is 0. The first-order chi connectivity index (χ1) is 24.6. The highest BCUT2D eigenvalue weighted by molar-refractivity contribution is 7.00. The summed E-state index contributed by atoms with van der Waals surface area (Å²) >= 11 is 0. The molecule has 3 aliphatic rings. The Morgan fingerprint density at radius 1 is 0.451 bits per heavy atom. The molecule has 0 bridgehead atoms. The molecule has 0 spiro atoms. The van der Waals surface area contributed by atoms with E-state index in [1.807, 2.05) is 0 Å². The number of benzene rings is 7. The van der Waals surface area contributed by atoms with E-state index in [1.165, 1.54) is 116 Å². The quantitative estimate of drug-likeness (QED) is 0.144. The molecule has 9 aromatic rings. The van der Waals surface area contributed by atoms with Crippen molar-refractivity contribution in [3.63, 3.8) is 0 Å². The molecule has 242 valence electrons. The van der Waals surface area contributed by atoms with Crippen LogP contribution in [0.5, 0.6) is 0 Å². The zero-order chi connectivity index (χ0) is 34.3. The summed E-state index contributed by atoms with van der Waals surface area (Å²) in [5, 5.41) is 8.18. The van der Waals surface area contributed by atoms with Gasteiger partial charge in [0.25, 0.3) is 6.71 Å². The molecule has 0 fully saturated rings. The van der Waals surface area contributed by atoms with Gasteiger partial charge in [0, 0.05) is 38.4 Å². The summed E-state index contributed by atoms with van der Waals surface area (Å²) in [6.07, 6.45) is 0. The van der Waals surface area contributed by atoms with E-state index in [0.717, 1.165) is 0 Å². The number of nitrogens with zero attached hydrogens (tertiary/aromatic N) is 2. The van der Waals surface area contributed by atoms with Gasteiger partial charge in [0.15, 0.2) is 0 Å². The second-order valence-corrected chi connectivity index (χ2v) is 17.3. The summed E-state index contributed by atoms with van der Waals surface area (Å²) in [5.74, 6) is 0. The van der Waals surface area contributed by atoms with Crippen LogP contribution in [-0.2, 0) is 10.8 Å². The fourth-order valence-corrected chi connectivity index (χ4v) is 10.2. The van der Waals surface area contributed by atoms with Crippen LogP contribution in [0.3, 0.4) is 0 Å². The summed E-state index contributed by atoms with van der Waals surface area (Å²) in [5.41, 5.74) is 20.3. The maximum Gasteiger partial charge on any atom is 0.252 e. The predicted molar refractivity (Wildman–Crippen MR) is 219 cm³/mol. The van der Waals surface area contributed by atoms with Crippen LogP contribution in [0.1, 0.15) is 52.7 Å². The van der Waals surface area contributed by atoms with Crippen LogP contribution in [-0.4, -0.2) is 15.8 Å². The van der Waals surface area contributed by atoms with Gasteiger partial charge in [0.1, 0.15) is 0 Å². The van der Waals surface area contributed by atoms with Gasteiger partial charge in [-0.3, -0.25) is 0 Å². The van der Waals surface area contributed by atoms with E-state index in [9.17, 15) is 0 Å². The zero-order valence-electron chi connectivity index (χ0n) is 29.9. The molecule has 7 aromatic carbocycles. The normalized spacial score (nSPS) is 14.0. The van der Waals surface area contributed by atoms with Crippen molar-refractivity contribution in [1.82, 2.24) is 9.13 Å². The van der Waals surface area contributed by atoms with Gasteiger partial charge in [0.05, 0.1) is 16.6 Å². The molecule has 0 radical (unpaired) electrons. The maximum atomic E-state index is 2.63. The van der Waals surface area contributed by atoms with Crippen LogP contribution in [0.25, 0.3) is 88.0 Å². The van der Waals surface area contributed by atoms with Gasteiger partial charge < -0.3 is 9.13 Å². The second-order valence-electron chi connectivity index (χ2n) is 17.3. The molecule has 2 aromatic heterocycles. The Labute approximate surface area is 298 Å². The van der Waals surface area contributed by atoms with Crippen molar-refractivity contribution in [3.8, 4) is 33.6 Å². The summed E-state index contributed by atoms with van der Waals surface area (Å²) < 4.78 is 5.23. The Morgan fingerprint density at radius 2 is 1.10 bits per heavy atom. The summed E-state index contributed by atoms with van der Waals surface area (Å²) in [4.78, 5) is 0. The standard InChI is InChI=1S/C48H37BN2/c1-47(2,3)27-18-22-37-33(23-27)34-24-28(48(4,5)6)25-36-45(34)50(37)39-15-10-16-40-44(39)49(36)35-20-19-32-30-13-8-7-12-29(30)31-14-9-11-26-17-21-38-43(41(26)31)42(32)46(35)51(38)40/h7-25H,1-6H3. The topological polar surface area (TPSA) is 9.86 Å². The van der Waals surface area contributed by atoms with E-state index in [2.05, 4.69) is 166 Å². The molecule has 0 amide bonds. The molecule has 51 heavy (non-hydrogen) atoms. The number of aromatic nitrogens is 2. The Balaban J connectivity index is 1.31. The highest BCUT2D eigenvalue weighted by Gasteiger charge is 2.42. The van der Waals surface area contributed by atoms with Gasteiger partial charge in [0.2, 0.25) is 0 Å². The maximum absolute atomic E-state index is 2.63. The number of hydrogen-bond donors (Lipinski definition) is 0. The molecule has 2 aliphatic heterocycles. The van der Waals surface area contributed by atoms with Crippen molar-refractivity contribution in [2.75, 3.05) is 0 Å². The highest BCUT2D eigenvalue weighted by Crippen LogP contribution is 2.50. The van der Waals surface area contributed by atoms with Gasteiger partial charge >= 0.3 is 0 Å². The molecule has 0 unspecified atom stereocenters. The SMILES string of the molecule is CC(C)(C)c1ccc2c(c1)c1cc(C(C)(C)C)cc3c1n2-c1cccc2c1B3c1ccc3c4c5c6c(cccc6ccc5n-2c14)-c1ccccc1-3. The first kappa shape index (κ1) is 28.2. The smallest absolute Gasteiger partial charge is 0.252 e.